The maximum atomic E-state index is 6.17. The third kappa shape index (κ3) is 2.72. The van der Waals surface area contributed by atoms with Crippen LogP contribution in [-0.4, -0.2) is 21.4 Å². The van der Waals surface area contributed by atoms with Crippen molar-refractivity contribution in [1.82, 2.24) is 14.4 Å². The lowest BCUT2D eigenvalue weighted by atomic mass is 10.3. The smallest absolute Gasteiger partial charge is 0.180 e. The molecule has 3 aromatic rings. The first-order valence-electron chi connectivity index (χ1n) is 6.01. The second-order valence-electron chi connectivity index (χ2n) is 4.25. The highest BCUT2D eigenvalue weighted by atomic mass is 35.5. The van der Waals surface area contributed by atoms with E-state index in [9.17, 15) is 0 Å². The highest BCUT2D eigenvalue weighted by molar-refractivity contribution is 6.44. The van der Waals surface area contributed by atoms with Crippen LogP contribution in [0.25, 0.3) is 5.65 Å². The van der Waals surface area contributed by atoms with Crippen LogP contribution in [0.1, 0.15) is 0 Å². The van der Waals surface area contributed by atoms with Crippen LogP contribution in [-0.2, 0) is 0 Å². The molecule has 5 nitrogen and oxygen atoms in total. The second-order valence-corrected chi connectivity index (χ2v) is 5.48. The Labute approximate surface area is 135 Å². The largest absolute Gasteiger partial charge is 0.372 e. The summed E-state index contributed by atoms with van der Waals surface area (Å²) in [5, 5.41) is 7.38. The summed E-state index contributed by atoms with van der Waals surface area (Å²) >= 11 is 18.1. The van der Waals surface area contributed by atoms with Crippen molar-refractivity contribution in [2.75, 3.05) is 17.7 Å². The van der Waals surface area contributed by atoms with Gasteiger partial charge in [-0.1, -0.05) is 34.8 Å². The third-order valence-electron chi connectivity index (χ3n) is 2.89. The van der Waals surface area contributed by atoms with E-state index in [1.165, 1.54) is 0 Å². The summed E-state index contributed by atoms with van der Waals surface area (Å²) in [5.74, 6) is 1.26. The maximum absolute atomic E-state index is 6.17. The molecule has 2 heterocycles. The van der Waals surface area contributed by atoms with E-state index in [1.54, 1.807) is 25.4 Å². The molecular formula is C13H10Cl3N5. The number of hydrogen-bond donors (Lipinski definition) is 2. The molecule has 0 saturated carbocycles. The van der Waals surface area contributed by atoms with Gasteiger partial charge in [0.05, 0.1) is 27.0 Å². The van der Waals surface area contributed by atoms with Crippen LogP contribution in [0.5, 0.6) is 0 Å². The zero-order valence-electron chi connectivity index (χ0n) is 10.9. The summed E-state index contributed by atoms with van der Waals surface area (Å²) < 4.78 is 1.85. The van der Waals surface area contributed by atoms with Crippen molar-refractivity contribution in [3.63, 3.8) is 0 Å². The van der Waals surface area contributed by atoms with E-state index in [0.717, 1.165) is 0 Å². The SMILES string of the molecule is CNc1cn2ccnc2c(Nc2cc(Cl)c(Cl)cc2Cl)n1. The summed E-state index contributed by atoms with van der Waals surface area (Å²) in [4.78, 5) is 8.71. The summed E-state index contributed by atoms with van der Waals surface area (Å²) in [5.41, 5.74) is 1.29. The average molecular weight is 343 g/mol. The summed E-state index contributed by atoms with van der Waals surface area (Å²) in [6.45, 7) is 0. The van der Waals surface area contributed by atoms with E-state index < -0.39 is 0 Å². The van der Waals surface area contributed by atoms with Gasteiger partial charge >= 0.3 is 0 Å². The monoisotopic (exact) mass is 341 g/mol. The van der Waals surface area contributed by atoms with Crippen LogP contribution in [0.3, 0.4) is 0 Å². The molecule has 21 heavy (non-hydrogen) atoms. The molecule has 8 heteroatoms. The zero-order chi connectivity index (χ0) is 15.0. The van der Waals surface area contributed by atoms with Crippen LogP contribution >= 0.6 is 34.8 Å². The molecular weight excluding hydrogens is 333 g/mol. The van der Waals surface area contributed by atoms with Crippen molar-refractivity contribution in [1.29, 1.82) is 0 Å². The quantitative estimate of drug-likeness (QED) is 0.689. The minimum absolute atomic E-state index is 0.398. The number of halogens is 3. The van der Waals surface area contributed by atoms with E-state index in [0.29, 0.717) is 38.0 Å². The van der Waals surface area contributed by atoms with Gasteiger partial charge in [-0.25, -0.2) is 9.97 Å². The number of benzene rings is 1. The molecule has 0 bridgehead atoms. The number of nitrogens with one attached hydrogen (secondary N) is 2. The number of anilines is 3. The highest BCUT2D eigenvalue weighted by Gasteiger charge is 2.11. The van der Waals surface area contributed by atoms with E-state index >= 15 is 0 Å². The van der Waals surface area contributed by atoms with E-state index in [1.807, 2.05) is 16.8 Å². The standard InChI is InChI=1S/C13H10Cl3N5/c1-17-11-6-21-3-2-18-13(21)12(20-11)19-10-5-8(15)7(14)4-9(10)16/h2-6,17H,1H3,(H,19,20). The van der Waals surface area contributed by atoms with Crippen LogP contribution < -0.4 is 10.6 Å². The molecule has 0 aliphatic carbocycles. The minimum Gasteiger partial charge on any atom is -0.372 e. The van der Waals surface area contributed by atoms with Crippen molar-refractivity contribution < 1.29 is 0 Å². The Balaban J connectivity index is 2.09. The van der Waals surface area contributed by atoms with Gasteiger partial charge in [0, 0.05) is 19.4 Å². The summed E-state index contributed by atoms with van der Waals surface area (Å²) in [6, 6.07) is 3.23. The van der Waals surface area contributed by atoms with Crippen molar-refractivity contribution in [2.24, 2.45) is 0 Å². The lowest BCUT2D eigenvalue weighted by Gasteiger charge is -2.11. The molecule has 0 atom stereocenters. The first kappa shape index (κ1) is 14.3. The Kier molecular flexibility index (Phi) is 3.80. The number of imidazole rings is 1. The topological polar surface area (TPSA) is 54.2 Å². The fourth-order valence-corrected chi connectivity index (χ4v) is 2.48. The number of nitrogens with zero attached hydrogens (tertiary/aromatic N) is 3. The van der Waals surface area contributed by atoms with Crippen molar-refractivity contribution in [3.8, 4) is 0 Å². The average Bonchev–Trinajstić information content (AvgIpc) is 2.93. The van der Waals surface area contributed by atoms with E-state index in [-0.39, 0.29) is 0 Å². The number of fused-ring (bicyclic) bond motifs is 1. The first-order chi connectivity index (χ1) is 10.1. The number of rotatable bonds is 3. The van der Waals surface area contributed by atoms with Gasteiger partial charge in [0.15, 0.2) is 11.5 Å². The third-order valence-corrected chi connectivity index (χ3v) is 3.93. The molecule has 0 radical (unpaired) electrons. The summed E-state index contributed by atoms with van der Waals surface area (Å²) in [7, 11) is 1.79. The Hall–Kier alpha value is -1.69. The normalized spacial score (nSPS) is 10.9. The van der Waals surface area contributed by atoms with Crippen molar-refractivity contribution in [2.45, 2.75) is 0 Å². The molecule has 0 unspecified atom stereocenters. The molecule has 0 spiro atoms. The fourth-order valence-electron chi connectivity index (χ4n) is 1.88. The first-order valence-corrected chi connectivity index (χ1v) is 7.15. The van der Waals surface area contributed by atoms with Crippen LogP contribution in [0.2, 0.25) is 15.1 Å². The van der Waals surface area contributed by atoms with Crippen LogP contribution in [0, 0.1) is 0 Å². The van der Waals surface area contributed by atoms with Gasteiger partial charge in [0.2, 0.25) is 0 Å². The molecule has 1 aromatic carbocycles. The molecule has 0 fully saturated rings. The van der Waals surface area contributed by atoms with Gasteiger partial charge in [0.25, 0.3) is 0 Å². The Morgan fingerprint density at radius 2 is 1.86 bits per heavy atom. The van der Waals surface area contributed by atoms with Crippen LogP contribution in [0.4, 0.5) is 17.3 Å². The molecule has 2 aromatic heterocycles. The van der Waals surface area contributed by atoms with Crippen molar-refractivity contribution in [3.05, 3.63) is 45.8 Å². The zero-order valence-corrected chi connectivity index (χ0v) is 13.1. The van der Waals surface area contributed by atoms with Gasteiger partial charge in [0.1, 0.15) is 5.82 Å². The predicted octanol–water partition coefficient (Wildman–Crippen LogP) is 4.47. The molecule has 0 amide bonds. The molecule has 108 valence electrons. The van der Waals surface area contributed by atoms with Gasteiger partial charge < -0.3 is 15.0 Å². The highest BCUT2D eigenvalue weighted by Crippen LogP contribution is 2.34. The molecule has 0 saturated heterocycles. The molecule has 3 rings (SSSR count). The molecule has 0 aliphatic rings. The number of hydrogen-bond acceptors (Lipinski definition) is 4. The Bertz CT molecular complexity index is 815. The van der Waals surface area contributed by atoms with Crippen LogP contribution in [0.15, 0.2) is 30.7 Å². The Morgan fingerprint density at radius 1 is 1.10 bits per heavy atom. The fraction of sp³-hybridized carbons (Fsp3) is 0.0769. The maximum Gasteiger partial charge on any atom is 0.180 e. The van der Waals surface area contributed by atoms with E-state index in [4.69, 9.17) is 34.8 Å². The predicted molar refractivity (Wildman–Crippen MR) is 87.3 cm³/mol. The lowest BCUT2D eigenvalue weighted by Crippen LogP contribution is -2.02. The molecule has 2 N–H and O–H groups in total. The van der Waals surface area contributed by atoms with Gasteiger partial charge in [-0.15, -0.1) is 0 Å². The second kappa shape index (κ2) is 5.60. The Morgan fingerprint density at radius 3 is 2.62 bits per heavy atom. The number of aromatic nitrogens is 3. The minimum atomic E-state index is 0.398. The molecule has 0 aliphatic heterocycles. The van der Waals surface area contributed by atoms with Gasteiger partial charge in [-0.2, -0.15) is 0 Å². The summed E-state index contributed by atoms with van der Waals surface area (Å²) in [6.07, 6.45) is 5.36. The van der Waals surface area contributed by atoms with Gasteiger partial charge in [-0.3, -0.25) is 0 Å². The van der Waals surface area contributed by atoms with Gasteiger partial charge in [-0.05, 0) is 12.1 Å². The lowest BCUT2D eigenvalue weighted by molar-refractivity contribution is 1.12. The van der Waals surface area contributed by atoms with Crippen molar-refractivity contribution >= 4 is 57.8 Å². The van der Waals surface area contributed by atoms with E-state index in [2.05, 4.69) is 20.6 Å².